The average Bonchev–Trinajstić information content (AvgIpc) is 3.60. The molecule has 0 fully saturated rings. The van der Waals surface area contributed by atoms with Gasteiger partial charge in [0.25, 0.3) is 11.8 Å². The zero-order chi connectivity index (χ0) is 25.7. The van der Waals surface area contributed by atoms with Crippen molar-refractivity contribution in [2.75, 3.05) is 24.7 Å². The molecule has 2 aromatic heterocycles. The third kappa shape index (κ3) is 5.71. The van der Waals surface area contributed by atoms with Crippen LogP contribution in [0.4, 0.5) is 5.69 Å². The van der Waals surface area contributed by atoms with Crippen LogP contribution >= 0.6 is 11.3 Å². The van der Waals surface area contributed by atoms with Gasteiger partial charge in [-0.05, 0) is 56.0 Å². The van der Waals surface area contributed by atoms with Crippen molar-refractivity contribution in [1.82, 2.24) is 10.6 Å². The minimum Gasteiger partial charge on any atom is -0.486 e. The Hall–Kier alpha value is -3.79. The summed E-state index contributed by atoms with van der Waals surface area (Å²) in [4.78, 5) is 41.7. The molecule has 0 spiro atoms. The highest BCUT2D eigenvalue weighted by Crippen LogP contribution is 2.37. The van der Waals surface area contributed by atoms with Crippen molar-refractivity contribution in [1.29, 1.82) is 0 Å². The zero-order valence-corrected chi connectivity index (χ0v) is 21.2. The quantitative estimate of drug-likeness (QED) is 0.451. The van der Waals surface area contributed by atoms with E-state index in [1.807, 2.05) is 20.8 Å². The summed E-state index contributed by atoms with van der Waals surface area (Å²) in [6.07, 6.45) is 2.13. The van der Waals surface area contributed by atoms with Gasteiger partial charge < -0.3 is 24.5 Å². The van der Waals surface area contributed by atoms with E-state index >= 15 is 0 Å². The summed E-state index contributed by atoms with van der Waals surface area (Å²) in [5.74, 6) is 0.0204. The van der Waals surface area contributed by atoms with Gasteiger partial charge in [0, 0.05) is 17.3 Å². The Morgan fingerprint density at radius 3 is 2.53 bits per heavy atom. The van der Waals surface area contributed by atoms with Gasteiger partial charge in [-0.2, -0.15) is 0 Å². The SMILES string of the molecule is CCC(C)(C)NC(=O)[C@H](c1ccco1)N(C(=O)CNC(=O)c1cccs1)c1ccc2c(c1)OCCO2. The number of carbonyl (C=O) groups is 3. The molecule has 0 saturated heterocycles. The first-order valence-corrected chi connectivity index (χ1v) is 12.6. The van der Waals surface area contributed by atoms with Gasteiger partial charge >= 0.3 is 0 Å². The van der Waals surface area contributed by atoms with E-state index in [4.69, 9.17) is 13.9 Å². The first-order valence-electron chi connectivity index (χ1n) is 11.7. The van der Waals surface area contributed by atoms with E-state index in [0.29, 0.717) is 41.7 Å². The Morgan fingerprint density at radius 1 is 1.08 bits per heavy atom. The summed E-state index contributed by atoms with van der Waals surface area (Å²) in [7, 11) is 0. The molecule has 0 saturated carbocycles. The predicted octanol–water partition coefficient (Wildman–Crippen LogP) is 3.92. The van der Waals surface area contributed by atoms with Crippen molar-refractivity contribution in [3.63, 3.8) is 0 Å². The summed E-state index contributed by atoms with van der Waals surface area (Å²) in [6, 6.07) is 10.6. The van der Waals surface area contributed by atoms with Crippen LogP contribution in [0.2, 0.25) is 0 Å². The number of furan rings is 1. The monoisotopic (exact) mass is 511 g/mol. The van der Waals surface area contributed by atoms with E-state index < -0.39 is 23.4 Å². The number of benzene rings is 1. The second kappa shape index (κ2) is 10.9. The van der Waals surface area contributed by atoms with Crippen LogP contribution in [0.5, 0.6) is 11.5 Å². The van der Waals surface area contributed by atoms with Crippen LogP contribution in [0.25, 0.3) is 0 Å². The molecule has 0 unspecified atom stereocenters. The number of nitrogens with one attached hydrogen (secondary N) is 2. The highest BCUT2D eigenvalue weighted by atomic mass is 32.1. The highest BCUT2D eigenvalue weighted by molar-refractivity contribution is 7.12. The standard InChI is InChI=1S/C26H29N3O6S/c1-4-26(2,3)28-25(32)23(19-7-5-11-33-19)29(17-9-10-18-20(15-17)35-13-12-34-18)22(30)16-27-24(31)21-8-6-14-36-21/h5-11,14-15,23H,4,12-13,16H2,1-3H3,(H,27,31)(H,28,32)/t23-/m0/s1. The third-order valence-corrected chi connectivity index (χ3v) is 6.75. The van der Waals surface area contributed by atoms with Gasteiger partial charge in [-0.1, -0.05) is 13.0 Å². The molecule has 190 valence electrons. The minimum absolute atomic E-state index is 0.284. The number of nitrogens with zero attached hydrogens (tertiary/aromatic N) is 1. The van der Waals surface area contributed by atoms with Gasteiger partial charge in [-0.15, -0.1) is 11.3 Å². The van der Waals surface area contributed by atoms with Crippen molar-refractivity contribution in [2.45, 2.75) is 38.8 Å². The molecule has 3 amide bonds. The summed E-state index contributed by atoms with van der Waals surface area (Å²) in [5.41, 5.74) is -0.114. The maximum Gasteiger partial charge on any atom is 0.261 e. The van der Waals surface area contributed by atoms with Gasteiger partial charge in [0.05, 0.1) is 17.7 Å². The second-order valence-corrected chi connectivity index (χ2v) is 9.84. The van der Waals surface area contributed by atoms with E-state index in [-0.39, 0.29) is 18.2 Å². The van der Waals surface area contributed by atoms with Gasteiger partial charge in [0.15, 0.2) is 17.5 Å². The lowest BCUT2D eigenvalue weighted by atomic mass is 10.0. The molecule has 4 rings (SSSR count). The van der Waals surface area contributed by atoms with Crippen LogP contribution in [0.3, 0.4) is 0 Å². The number of ether oxygens (including phenoxy) is 2. The van der Waals surface area contributed by atoms with E-state index in [1.54, 1.807) is 47.8 Å². The van der Waals surface area contributed by atoms with Gasteiger partial charge in [-0.3, -0.25) is 19.3 Å². The molecule has 0 bridgehead atoms. The molecule has 1 aliphatic heterocycles. The molecule has 9 nitrogen and oxygen atoms in total. The topological polar surface area (TPSA) is 110 Å². The van der Waals surface area contributed by atoms with Crippen LogP contribution < -0.4 is 25.0 Å². The van der Waals surface area contributed by atoms with Gasteiger partial charge in [0.2, 0.25) is 5.91 Å². The molecule has 3 aromatic rings. The number of anilines is 1. The van der Waals surface area contributed by atoms with Crippen LogP contribution in [-0.2, 0) is 9.59 Å². The normalized spacial score (nSPS) is 13.5. The first kappa shape index (κ1) is 25.3. The molecule has 10 heteroatoms. The maximum absolute atomic E-state index is 13.7. The number of carbonyl (C=O) groups excluding carboxylic acids is 3. The Bertz CT molecular complexity index is 1210. The molecule has 2 N–H and O–H groups in total. The largest absolute Gasteiger partial charge is 0.486 e. The third-order valence-electron chi connectivity index (χ3n) is 5.88. The lowest BCUT2D eigenvalue weighted by Crippen LogP contribution is -2.52. The zero-order valence-electron chi connectivity index (χ0n) is 20.4. The number of hydrogen-bond donors (Lipinski definition) is 2. The number of rotatable bonds is 9. The molecule has 36 heavy (non-hydrogen) atoms. The number of hydrogen-bond acceptors (Lipinski definition) is 7. The Kier molecular flexibility index (Phi) is 7.64. The molecule has 0 aliphatic carbocycles. The number of amides is 3. The Morgan fingerprint density at radius 2 is 1.86 bits per heavy atom. The fourth-order valence-corrected chi connectivity index (χ4v) is 4.31. The molecule has 3 heterocycles. The van der Waals surface area contributed by atoms with Crippen molar-refractivity contribution in [3.8, 4) is 11.5 Å². The lowest BCUT2D eigenvalue weighted by Gasteiger charge is -2.34. The summed E-state index contributed by atoms with van der Waals surface area (Å²) in [5, 5.41) is 7.46. The van der Waals surface area contributed by atoms with Gasteiger partial charge in [-0.25, -0.2) is 0 Å². The van der Waals surface area contributed by atoms with Crippen molar-refractivity contribution < 1.29 is 28.3 Å². The Balaban J connectivity index is 1.71. The number of thiophene rings is 1. The van der Waals surface area contributed by atoms with E-state index in [1.165, 1.54) is 22.5 Å². The van der Waals surface area contributed by atoms with Crippen molar-refractivity contribution in [2.24, 2.45) is 0 Å². The average molecular weight is 512 g/mol. The minimum atomic E-state index is -1.13. The molecule has 1 aromatic carbocycles. The van der Waals surface area contributed by atoms with E-state index in [9.17, 15) is 14.4 Å². The summed E-state index contributed by atoms with van der Waals surface area (Å²) < 4.78 is 17.0. The Labute approximate surface area is 213 Å². The molecule has 1 aliphatic rings. The van der Waals surface area contributed by atoms with Crippen LogP contribution in [-0.4, -0.2) is 43.0 Å². The van der Waals surface area contributed by atoms with E-state index in [0.717, 1.165) is 0 Å². The second-order valence-electron chi connectivity index (χ2n) is 8.90. The fourth-order valence-electron chi connectivity index (χ4n) is 3.67. The van der Waals surface area contributed by atoms with Crippen molar-refractivity contribution in [3.05, 3.63) is 64.7 Å². The van der Waals surface area contributed by atoms with Gasteiger partial charge in [0.1, 0.15) is 19.0 Å². The molecular weight excluding hydrogens is 482 g/mol. The van der Waals surface area contributed by atoms with E-state index in [2.05, 4.69) is 10.6 Å². The lowest BCUT2D eigenvalue weighted by molar-refractivity contribution is -0.128. The van der Waals surface area contributed by atoms with Crippen LogP contribution in [0.1, 0.15) is 48.7 Å². The first-order chi connectivity index (χ1) is 17.3. The summed E-state index contributed by atoms with van der Waals surface area (Å²) in [6.45, 7) is 6.24. The summed E-state index contributed by atoms with van der Waals surface area (Å²) >= 11 is 1.27. The predicted molar refractivity (Wildman–Crippen MR) is 136 cm³/mol. The molecule has 1 atom stereocenters. The molecular formula is C26H29N3O6S. The molecule has 0 radical (unpaired) electrons. The smallest absolute Gasteiger partial charge is 0.261 e. The van der Waals surface area contributed by atoms with Crippen LogP contribution in [0.15, 0.2) is 58.5 Å². The van der Waals surface area contributed by atoms with Crippen LogP contribution in [0, 0.1) is 0 Å². The maximum atomic E-state index is 13.7. The number of fused-ring (bicyclic) bond motifs is 1. The fraction of sp³-hybridized carbons (Fsp3) is 0.346. The van der Waals surface area contributed by atoms with Crippen molar-refractivity contribution >= 4 is 34.7 Å². The highest BCUT2D eigenvalue weighted by Gasteiger charge is 2.37.